The maximum Gasteiger partial charge on any atom is 0.0646 e. The molecular formula is C13H22N2O. The molecule has 0 aliphatic heterocycles. The predicted molar refractivity (Wildman–Crippen MR) is 69.8 cm³/mol. The molecule has 0 amide bonds. The Morgan fingerprint density at radius 1 is 1.31 bits per heavy atom. The second-order valence-electron chi connectivity index (χ2n) is 4.96. The summed E-state index contributed by atoms with van der Waals surface area (Å²) in [5.74, 6) is 0. The average molecular weight is 222 g/mol. The Balaban J connectivity index is 2.35. The van der Waals surface area contributed by atoms with E-state index in [1.165, 1.54) is 0 Å². The number of benzene rings is 1. The Bertz CT molecular complexity index is 342. The van der Waals surface area contributed by atoms with Crippen LogP contribution in [0.2, 0.25) is 0 Å². The van der Waals surface area contributed by atoms with Crippen LogP contribution in [0.25, 0.3) is 0 Å². The van der Waals surface area contributed by atoms with Crippen LogP contribution in [0.3, 0.4) is 0 Å². The first-order chi connectivity index (χ1) is 7.38. The zero-order chi connectivity index (χ0) is 12.2. The van der Waals surface area contributed by atoms with Crippen LogP contribution in [0, 0.1) is 6.92 Å². The largest absolute Gasteiger partial charge is 0.399 e. The molecular weight excluding hydrogens is 200 g/mol. The smallest absolute Gasteiger partial charge is 0.0646 e. The molecule has 0 saturated heterocycles. The van der Waals surface area contributed by atoms with Crippen LogP contribution in [0.5, 0.6) is 0 Å². The van der Waals surface area contributed by atoms with Crippen LogP contribution in [0.4, 0.5) is 11.4 Å². The van der Waals surface area contributed by atoms with Crippen molar-refractivity contribution in [1.82, 2.24) is 0 Å². The zero-order valence-electron chi connectivity index (χ0n) is 10.6. The van der Waals surface area contributed by atoms with Gasteiger partial charge in [0.25, 0.3) is 0 Å². The molecule has 1 rings (SSSR count). The van der Waals surface area contributed by atoms with Crippen molar-refractivity contribution in [3.05, 3.63) is 23.8 Å². The fourth-order valence-electron chi connectivity index (χ4n) is 1.34. The number of nitrogens with one attached hydrogen (secondary N) is 1. The van der Waals surface area contributed by atoms with Gasteiger partial charge >= 0.3 is 0 Å². The average Bonchev–Trinajstić information content (AvgIpc) is 2.17. The van der Waals surface area contributed by atoms with Gasteiger partial charge in [-0.2, -0.15) is 0 Å². The van der Waals surface area contributed by atoms with E-state index >= 15 is 0 Å². The van der Waals surface area contributed by atoms with E-state index in [1.54, 1.807) is 0 Å². The lowest BCUT2D eigenvalue weighted by molar-refractivity contribution is 0.00333. The van der Waals surface area contributed by atoms with Gasteiger partial charge < -0.3 is 15.8 Å². The van der Waals surface area contributed by atoms with E-state index < -0.39 is 0 Å². The first-order valence-corrected chi connectivity index (χ1v) is 5.62. The lowest BCUT2D eigenvalue weighted by Crippen LogP contribution is -2.23. The molecule has 3 heteroatoms. The zero-order valence-corrected chi connectivity index (χ0v) is 10.6. The molecule has 0 heterocycles. The van der Waals surface area contributed by atoms with Gasteiger partial charge in [-0.25, -0.2) is 0 Å². The van der Waals surface area contributed by atoms with Gasteiger partial charge in [-0.3, -0.25) is 0 Å². The van der Waals surface area contributed by atoms with Crippen molar-refractivity contribution < 1.29 is 4.74 Å². The normalized spacial score (nSPS) is 11.5. The third-order valence-electron chi connectivity index (χ3n) is 2.24. The highest BCUT2D eigenvalue weighted by Crippen LogP contribution is 2.16. The number of nitrogens with two attached hydrogens (primary N) is 1. The number of aryl methyl sites for hydroxylation is 1. The van der Waals surface area contributed by atoms with Crippen LogP contribution >= 0.6 is 0 Å². The second kappa shape index (κ2) is 5.21. The van der Waals surface area contributed by atoms with Crippen LogP contribution in [-0.2, 0) is 4.74 Å². The summed E-state index contributed by atoms with van der Waals surface area (Å²) in [5.41, 5.74) is 8.69. The molecule has 1 aromatic carbocycles. The first kappa shape index (κ1) is 12.8. The van der Waals surface area contributed by atoms with Crippen molar-refractivity contribution in [2.45, 2.75) is 33.3 Å². The van der Waals surface area contributed by atoms with Gasteiger partial charge in [0.15, 0.2) is 0 Å². The van der Waals surface area contributed by atoms with Crippen LogP contribution < -0.4 is 11.1 Å². The van der Waals surface area contributed by atoms with Gasteiger partial charge in [0.2, 0.25) is 0 Å². The summed E-state index contributed by atoms with van der Waals surface area (Å²) in [7, 11) is 0. The molecule has 0 bridgehead atoms. The topological polar surface area (TPSA) is 47.3 Å². The highest BCUT2D eigenvalue weighted by molar-refractivity contribution is 5.56. The summed E-state index contributed by atoms with van der Waals surface area (Å²) in [5, 5.41) is 3.30. The van der Waals surface area contributed by atoms with E-state index in [0.717, 1.165) is 23.5 Å². The Morgan fingerprint density at radius 2 is 2.00 bits per heavy atom. The Hall–Kier alpha value is -1.22. The molecule has 0 aromatic heterocycles. The fraction of sp³-hybridized carbons (Fsp3) is 0.538. The molecule has 0 fully saturated rings. The summed E-state index contributed by atoms with van der Waals surface area (Å²) in [6.07, 6.45) is 0. The van der Waals surface area contributed by atoms with Gasteiger partial charge in [0, 0.05) is 17.9 Å². The van der Waals surface area contributed by atoms with Crippen molar-refractivity contribution in [2.24, 2.45) is 0 Å². The highest BCUT2D eigenvalue weighted by atomic mass is 16.5. The molecule has 1 aromatic rings. The van der Waals surface area contributed by atoms with Crippen molar-refractivity contribution in [3.8, 4) is 0 Å². The summed E-state index contributed by atoms with van der Waals surface area (Å²) >= 11 is 0. The van der Waals surface area contributed by atoms with Crippen LogP contribution in [0.15, 0.2) is 18.2 Å². The minimum Gasteiger partial charge on any atom is -0.399 e. The van der Waals surface area contributed by atoms with Gasteiger partial charge in [-0.05, 0) is 51.5 Å². The standard InChI is InChI=1S/C13H22N2O/c1-10-9-11(5-6-12(10)14)15-7-8-16-13(2,3)4/h5-6,9,15H,7-8,14H2,1-4H3. The van der Waals surface area contributed by atoms with Crippen LogP contribution in [0.1, 0.15) is 26.3 Å². The number of hydrogen-bond acceptors (Lipinski definition) is 3. The third kappa shape index (κ3) is 4.53. The highest BCUT2D eigenvalue weighted by Gasteiger charge is 2.08. The quantitative estimate of drug-likeness (QED) is 0.608. The molecule has 0 unspecified atom stereocenters. The number of rotatable bonds is 4. The summed E-state index contributed by atoms with van der Waals surface area (Å²) in [6.45, 7) is 9.68. The van der Waals surface area contributed by atoms with E-state index in [-0.39, 0.29) is 5.60 Å². The third-order valence-corrected chi connectivity index (χ3v) is 2.24. The number of nitrogen functional groups attached to an aromatic ring is 1. The molecule has 3 nitrogen and oxygen atoms in total. The second-order valence-corrected chi connectivity index (χ2v) is 4.96. The van der Waals surface area contributed by atoms with Crippen molar-refractivity contribution in [2.75, 3.05) is 24.2 Å². The summed E-state index contributed by atoms with van der Waals surface area (Å²) in [6, 6.07) is 5.95. The molecule has 0 atom stereocenters. The fourth-order valence-corrected chi connectivity index (χ4v) is 1.34. The minimum absolute atomic E-state index is 0.0707. The van der Waals surface area contributed by atoms with Gasteiger partial charge in [-0.15, -0.1) is 0 Å². The van der Waals surface area contributed by atoms with Crippen molar-refractivity contribution in [1.29, 1.82) is 0 Å². The summed E-state index contributed by atoms with van der Waals surface area (Å²) in [4.78, 5) is 0. The van der Waals surface area contributed by atoms with Crippen LogP contribution in [-0.4, -0.2) is 18.8 Å². The van der Waals surface area contributed by atoms with E-state index in [9.17, 15) is 0 Å². The van der Waals surface area contributed by atoms with E-state index in [0.29, 0.717) is 6.61 Å². The van der Waals surface area contributed by atoms with E-state index in [1.807, 2.05) is 25.1 Å². The van der Waals surface area contributed by atoms with Crippen molar-refractivity contribution in [3.63, 3.8) is 0 Å². The molecule has 16 heavy (non-hydrogen) atoms. The molecule has 90 valence electrons. The molecule has 0 aliphatic rings. The lowest BCUT2D eigenvalue weighted by atomic mass is 10.2. The molecule has 0 spiro atoms. The predicted octanol–water partition coefficient (Wildman–Crippen LogP) is 2.80. The molecule has 0 saturated carbocycles. The van der Waals surface area contributed by atoms with E-state index in [2.05, 4.69) is 26.1 Å². The van der Waals surface area contributed by atoms with Gasteiger partial charge in [0.05, 0.1) is 12.2 Å². The Kier molecular flexibility index (Phi) is 4.19. The van der Waals surface area contributed by atoms with Gasteiger partial charge in [0.1, 0.15) is 0 Å². The SMILES string of the molecule is Cc1cc(NCCOC(C)(C)C)ccc1N. The molecule has 0 radical (unpaired) electrons. The van der Waals surface area contributed by atoms with E-state index in [4.69, 9.17) is 10.5 Å². The lowest BCUT2D eigenvalue weighted by Gasteiger charge is -2.19. The Labute approximate surface area is 98.0 Å². The van der Waals surface area contributed by atoms with Gasteiger partial charge in [-0.1, -0.05) is 0 Å². The number of ether oxygens (including phenoxy) is 1. The molecule has 3 N–H and O–H groups in total. The first-order valence-electron chi connectivity index (χ1n) is 5.62. The summed E-state index contributed by atoms with van der Waals surface area (Å²) < 4.78 is 5.62. The maximum absolute atomic E-state index is 5.75. The molecule has 0 aliphatic carbocycles. The minimum atomic E-state index is -0.0707. The monoisotopic (exact) mass is 222 g/mol. The Morgan fingerprint density at radius 3 is 2.56 bits per heavy atom. The number of anilines is 2. The maximum atomic E-state index is 5.75. The van der Waals surface area contributed by atoms with Crippen molar-refractivity contribution >= 4 is 11.4 Å². The number of hydrogen-bond donors (Lipinski definition) is 2.